The number of hydrogen-bond acceptors (Lipinski definition) is 4. The Hall–Kier alpha value is -1.30. The molecule has 1 N–H and O–H groups in total. The van der Waals surface area contributed by atoms with Crippen LogP contribution in [0.5, 0.6) is 0 Å². The van der Waals surface area contributed by atoms with Crippen LogP contribution in [-0.4, -0.2) is 38.6 Å². The fourth-order valence-electron chi connectivity index (χ4n) is 3.14. The molecule has 4 nitrogen and oxygen atoms in total. The maximum Gasteiger partial charge on any atom is 0.101 e. The molecule has 2 heterocycles. The van der Waals surface area contributed by atoms with Crippen LogP contribution in [0, 0.1) is 5.92 Å². The van der Waals surface area contributed by atoms with Gasteiger partial charge in [-0.25, -0.2) is 0 Å². The van der Waals surface area contributed by atoms with Gasteiger partial charge in [-0.15, -0.1) is 11.8 Å². The summed E-state index contributed by atoms with van der Waals surface area (Å²) in [6.45, 7) is 4.01. The van der Waals surface area contributed by atoms with E-state index in [-0.39, 0.29) is 6.10 Å². The van der Waals surface area contributed by atoms with E-state index in [1.807, 2.05) is 11.8 Å². The number of thioether (sulfide) groups is 1. The summed E-state index contributed by atoms with van der Waals surface area (Å²) in [5.74, 6) is 1.56. The molecule has 4 rings (SSSR count). The molecule has 0 bridgehead atoms. The average Bonchev–Trinajstić information content (AvgIpc) is 3.34. The molecule has 1 aliphatic heterocycles. The van der Waals surface area contributed by atoms with E-state index in [0.717, 1.165) is 50.5 Å². The third kappa shape index (κ3) is 3.62. The lowest BCUT2D eigenvalue weighted by Gasteiger charge is -2.27. The standard InChI is InChI=1S/C18H23N3OS/c22-18(14-6-7-14)17-12-15-13-20(8-9-21(15)19-17)10-11-23-16-4-2-1-3-5-16/h1-5,12,14,18,22H,6-11,13H2. The first-order valence-corrected chi connectivity index (χ1v) is 9.43. The van der Waals surface area contributed by atoms with Crippen molar-refractivity contribution in [1.29, 1.82) is 0 Å². The second-order valence-corrected chi connectivity index (χ2v) is 7.67. The second-order valence-electron chi connectivity index (χ2n) is 6.50. The topological polar surface area (TPSA) is 41.3 Å². The summed E-state index contributed by atoms with van der Waals surface area (Å²) < 4.78 is 2.09. The van der Waals surface area contributed by atoms with Crippen molar-refractivity contribution in [2.75, 3.05) is 18.8 Å². The highest BCUT2D eigenvalue weighted by atomic mass is 32.2. The Kier molecular flexibility index (Phi) is 4.42. The highest BCUT2D eigenvalue weighted by Crippen LogP contribution is 2.40. The number of benzene rings is 1. The molecule has 1 atom stereocenters. The van der Waals surface area contributed by atoms with Crippen molar-refractivity contribution < 1.29 is 5.11 Å². The van der Waals surface area contributed by atoms with Crippen LogP contribution in [0.1, 0.15) is 30.3 Å². The Morgan fingerprint density at radius 3 is 2.83 bits per heavy atom. The van der Waals surface area contributed by atoms with Gasteiger partial charge in [0.25, 0.3) is 0 Å². The smallest absolute Gasteiger partial charge is 0.101 e. The van der Waals surface area contributed by atoms with Gasteiger partial charge in [-0.2, -0.15) is 5.10 Å². The molecule has 2 aliphatic rings. The Morgan fingerprint density at radius 1 is 1.22 bits per heavy atom. The van der Waals surface area contributed by atoms with Crippen molar-refractivity contribution in [3.05, 3.63) is 47.8 Å². The van der Waals surface area contributed by atoms with Gasteiger partial charge in [0.1, 0.15) is 6.10 Å². The van der Waals surface area contributed by atoms with Crippen LogP contribution in [0.2, 0.25) is 0 Å². The summed E-state index contributed by atoms with van der Waals surface area (Å²) in [6, 6.07) is 12.7. The number of hydrogen-bond donors (Lipinski definition) is 1. The molecule has 0 saturated heterocycles. The van der Waals surface area contributed by atoms with Crippen LogP contribution in [-0.2, 0) is 13.1 Å². The van der Waals surface area contributed by atoms with Gasteiger partial charge >= 0.3 is 0 Å². The predicted molar refractivity (Wildman–Crippen MR) is 92.4 cm³/mol. The molecule has 1 aromatic heterocycles. The normalized spacial score (nSPS) is 19.5. The summed E-state index contributed by atoms with van der Waals surface area (Å²) in [6.07, 6.45) is 1.94. The van der Waals surface area contributed by atoms with Crippen LogP contribution in [0.4, 0.5) is 0 Å². The van der Waals surface area contributed by atoms with E-state index in [0.29, 0.717) is 5.92 Å². The van der Waals surface area contributed by atoms with Crippen molar-refractivity contribution >= 4 is 11.8 Å². The molecule has 0 amide bonds. The SMILES string of the molecule is OC(c1cc2n(n1)CCN(CCSc1ccccc1)C2)C1CC1. The number of rotatable bonds is 6. The Bertz CT molecular complexity index is 654. The number of aliphatic hydroxyl groups excluding tert-OH is 1. The van der Waals surface area contributed by atoms with E-state index in [9.17, 15) is 5.11 Å². The lowest BCUT2D eigenvalue weighted by atomic mass is 10.1. The minimum Gasteiger partial charge on any atom is -0.386 e. The third-order valence-corrected chi connectivity index (χ3v) is 5.68. The third-order valence-electron chi connectivity index (χ3n) is 4.69. The van der Waals surface area contributed by atoms with Gasteiger partial charge in [-0.1, -0.05) is 18.2 Å². The molecule has 0 radical (unpaired) electrons. The zero-order valence-corrected chi connectivity index (χ0v) is 14.1. The van der Waals surface area contributed by atoms with Crippen molar-refractivity contribution in [3.63, 3.8) is 0 Å². The highest BCUT2D eigenvalue weighted by molar-refractivity contribution is 7.99. The van der Waals surface area contributed by atoms with Gasteiger partial charge in [-0.05, 0) is 37.0 Å². The molecule has 1 saturated carbocycles. The molecule has 0 spiro atoms. The molecule has 2 aromatic rings. The lowest BCUT2D eigenvalue weighted by molar-refractivity contribution is 0.147. The molecule has 5 heteroatoms. The monoisotopic (exact) mass is 329 g/mol. The maximum absolute atomic E-state index is 10.3. The van der Waals surface area contributed by atoms with Gasteiger partial charge in [0, 0.05) is 30.3 Å². The van der Waals surface area contributed by atoms with Gasteiger partial charge < -0.3 is 5.11 Å². The van der Waals surface area contributed by atoms with Gasteiger partial charge in [-0.3, -0.25) is 9.58 Å². The fraction of sp³-hybridized carbons (Fsp3) is 0.500. The zero-order valence-electron chi connectivity index (χ0n) is 13.3. The fourth-order valence-corrected chi connectivity index (χ4v) is 4.08. The first-order chi connectivity index (χ1) is 11.3. The van der Waals surface area contributed by atoms with Crippen LogP contribution < -0.4 is 0 Å². The van der Waals surface area contributed by atoms with Crippen LogP contribution in [0.3, 0.4) is 0 Å². The Morgan fingerprint density at radius 2 is 2.04 bits per heavy atom. The molecular formula is C18H23N3OS. The van der Waals surface area contributed by atoms with E-state index in [1.54, 1.807) is 0 Å². The summed E-state index contributed by atoms with van der Waals surface area (Å²) in [5, 5.41) is 14.9. The molecular weight excluding hydrogens is 306 g/mol. The van der Waals surface area contributed by atoms with Crippen molar-refractivity contribution in [2.45, 2.75) is 36.9 Å². The molecule has 1 aromatic carbocycles. The summed E-state index contributed by atoms with van der Waals surface area (Å²) >= 11 is 1.91. The van der Waals surface area contributed by atoms with E-state index in [1.165, 1.54) is 10.6 Å². The molecule has 1 fully saturated rings. The van der Waals surface area contributed by atoms with E-state index in [2.05, 4.69) is 51.1 Å². The van der Waals surface area contributed by atoms with Crippen molar-refractivity contribution in [3.8, 4) is 0 Å². The van der Waals surface area contributed by atoms with Crippen LogP contribution in [0.15, 0.2) is 41.3 Å². The number of fused-ring (bicyclic) bond motifs is 1. The van der Waals surface area contributed by atoms with Crippen molar-refractivity contribution in [2.24, 2.45) is 5.92 Å². The average molecular weight is 329 g/mol. The minimum atomic E-state index is -0.352. The Balaban J connectivity index is 1.31. The van der Waals surface area contributed by atoms with Gasteiger partial charge in [0.2, 0.25) is 0 Å². The zero-order chi connectivity index (χ0) is 15.6. The first kappa shape index (κ1) is 15.2. The minimum absolute atomic E-state index is 0.352. The number of aromatic nitrogens is 2. The first-order valence-electron chi connectivity index (χ1n) is 8.44. The molecule has 1 aliphatic carbocycles. The van der Waals surface area contributed by atoms with Crippen LogP contribution in [0.25, 0.3) is 0 Å². The second kappa shape index (κ2) is 6.67. The summed E-state index contributed by atoms with van der Waals surface area (Å²) in [4.78, 5) is 3.82. The van der Waals surface area contributed by atoms with Crippen LogP contribution >= 0.6 is 11.8 Å². The van der Waals surface area contributed by atoms with E-state index < -0.39 is 0 Å². The molecule has 122 valence electrons. The Labute approximate surface area is 141 Å². The summed E-state index contributed by atoms with van der Waals surface area (Å²) in [5.41, 5.74) is 2.12. The number of aliphatic hydroxyl groups is 1. The predicted octanol–water partition coefficient (Wildman–Crippen LogP) is 2.93. The summed E-state index contributed by atoms with van der Waals surface area (Å²) in [7, 11) is 0. The molecule has 1 unspecified atom stereocenters. The molecule has 23 heavy (non-hydrogen) atoms. The number of nitrogens with zero attached hydrogens (tertiary/aromatic N) is 3. The van der Waals surface area contributed by atoms with E-state index >= 15 is 0 Å². The highest BCUT2D eigenvalue weighted by Gasteiger charge is 2.33. The van der Waals surface area contributed by atoms with Gasteiger partial charge in [0.05, 0.1) is 17.9 Å². The van der Waals surface area contributed by atoms with Gasteiger partial charge in [0.15, 0.2) is 0 Å². The lowest BCUT2D eigenvalue weighted by Crippen LogP contribution is -2.35. The largest absolute Gasteiger partial charge is 0.386 e. The maximum atomic E-state index is 10.3. The van der Waals surface area contributed by atoms with E-state index in [4.69, 9.17) is 0 Å². The van der Waals surface area contributed by atoms with Crippen molar-refractivity contribution in [1.82, 2.24) is 14.7 Å². The quantitative estimate of drug-likeness (QED) is 0.828.